The SMILES string of the molecule is CN(c1ccccc1)c1c2c(oc(=O)c1-c1ccccc1)-c1ccccc1SC2. The molecule has 0 bridgehead atoms. The van der Waals surface area contributed by atoms with Crippen LogP contribution < -0.4 is 10.5 Å². The maximum Gasteiger partial charge on any atom is 0.346 e. The highest BCUT2D eigenvalue weighted by Gasteiger charge is 2.28. The van der Waals surface area contributed by atoms with Crippen LogP contribution in [0.3, 0.4) is 0 Å². The summed E-state index contributed by atoms with van der Waals surface area (Å²) in [6.07, 6.45) is 0. The molecule has 0 saturated heterocycles. The van der Waals surface area contributed by atoms with Crippen LogP contribution in [0.15, 0.2) is 99.0 Å². The van der Waals surface area contributed by atoms with E-state index in [1.165, 1.54) is 0 Å². The monoisotopic (exact) mass is 397 g/mol. The van der Waals surface area contributed by atoms with Crippen LogP contribution in [0, 0.1) is 0 Å². The number of para-hydroxylation sites is 1. The largest absolute Gasteiger partial charge is 0.422 e. The van der Waals surface area contributed by atoms with Crippen molar-refractivity contribution in [1.29, 1.82) is 0 Å². The second-order valence-electron chi connectivity index (χ2n) is 6.97. The van der Waals surface area contributed by atoms with E-state index in [0.717, 1.165) is 38.7 Å². The second-order valence-corrected chi connectivity index (χ2v) is 7.98. The molecule has 1 aromatic heterocycles. The van der Waals surface area contributed by atoms with Gasteiger partial charge in [-0.15, -0.1) is 11.8 Å². The highest BCUT2D eigenvalue weighted by atomic mass is 32.2. The summed E-state index contributed by atoms with van der Waals surface area (Å²) in [7, 11) is 2.02. The zero-order valence-corrected chi connectivity index (χ0v) is 16.8. The summed E-state index contributed by atoms with van der Waals surface area (Å²) in [6, 6.07) is 28.0. The van der Waals surface area contributed by atoms with Gasteiger partial charge in [0.2, 0.25) is 0 Å². The van der Waals surface area contributed by atoms with Gasteiger partial charge in [-0.1, -0.05) is 66.7 Å². The lowest BCUT2D eigenvalue weighted by Crippen LogP contribution is -2.19. The summed E-state index contributed by atoms with van der Waals surface area (Å²) in [4.78, 5) is 16.5. The van der Waals surface area contributed by atoms with Crippen LogP contribution in [0.4, 0.5) is 11.4 Å². The van der Waals surface area contributed by atoms with Gasteiger partial charge in [0.1, 0.15) is 5.76 Å². The van der Waals surface area contributed by atoms with Crippen molar-refractivity contribution in [2.75, 3.05) is 11.9 Å². The summed E-state index contributed by atoms with van der Waals surface area (Å²) in [5.74, 6) is 1.43. The molecule has 0 radical (unpaired) electrons. The molecule has 5 rings (SSSR count). The maximum atomic E-state index is 13.3. The van der Waals surface area contributed by atoms with Gasteiger partial charge < -0.3 is 9.32 Å². The topological polar surface area (TPSA) is 33.5 Å². The molecule has 142 valence electrons. The van der Waals surface area contributed by atoms with E-state index in [9.17, 15) is 4.79 Å². The molecule has 0 N–H and O–H groups in total. The molecular weight excluding hydrogens is 378 g/mol. The first kappa shape index (κ1) is 17.8. The Kier molecular flexibility index (Phi) is 4.49. The highest BCUT2D eigenvalue weighted by molar-refractivity contribution is 7.98. The standard InChI is InChI=1S/C25H19NO2S/c1-26(18-12-6-3-7-13-18)23-20-16-29-21-15-9-8-14-19(21)24(20)28-25(27)22(23)17-10-4-2-5-11-17/h2-15H,16H2,1H3. The zero-order chi connectivity index (χ0) is 19.8. The van der Waals surface area contributed by atoms with E-state index in [1.54, 1.807) is 11.8 Å². The molecule has 0 aliphatic carbocycles. The molecule has 0 fully saturated rings. The van der Waals surface area contributed by atoms with Crippen molar-refractivity contribution in [3.63, 3.8) is 0 Å². The Hall–Kier alpha value is -3.24. The minimum atomic E-state index is -0.311. The molecule has 1 aliphatic heterocycles. The lowest BCUT2D eigenvalue weighted by Gasteiger charge is -2.28. The van der Waals surface area contributed by atoms with Crippen molar-refractivity contribution in [2.45, 2.75) is 10.6 Å². The van der Waals surface area contributed by atoms with Crippen LogP contribution in [-0.2, 0) is 5.75 Å². The van der Waals surface area contributed by atoms with E-state index in [0.29, 0.717) is 11.3 Å². The summed E-state index contributed by atoms with van der Waals surface area (Å²) in [5, 5.41) is 0. The van der Waals surface area contributed by atoms with Gasteiger partial charge in [0.05, 0.1) is 11.3 Å². The third kappa shape index (κ3) is 3.06. The van der Waals surface area contributed by atoms with Gasteiger partial charge in [-0.2, -0.15) is 0 Å². The van der Waals surface area contributed by atoms with Crippen LogP contribution in [0.2, 0.25) is 0 Å². The lowest BCUT2D eigenvalue weighted by atomic mass is 9.98. The number of nitrogens with zero attached hydrogens (tertiary/aromatic N) is 1. The average molecular weight is 397 g/mol. The summed E-state index contributed by atoms with van der Waals surface area (Å²) < 4.78 is 5.94. The highest BCUT2D eigenvalue weighted by Crippen LogP contribution is 2.47. The Morgan fingerprint density at radius 3 is 2.28 bits per heavy atom. The molecule has 0 unspecified atom stereocenters. The fraction of sp³-hybridized carbons (Fsp3) is 0.0800. The molecule has 4 heteroatoms. The first-order chi connectivity index (χ1) is 14.2. The number of fused-ring (bicyclic) bond motifs is 3. The minimum Gasteiger partial charge on any atom is -0.422 e. The normalized spacial score (nSPS) is 12.2. The number of hydrogen-bond donors (Lipinski definition) is 0. The summed E-state index contributed by atoms with van der Waals surface area (Å²) >= 11 is 1.78. The third-order valence-corrected chi connectivity index (χ3v) is 6.34. The fourth-order valence-electron chi connectivity index (χ4n) is 3.85. The molecule has 3 aromatic carbocycles. The molecule has 0 amide bonds. The molecule has 3 nitrogen and oxygen atoms in total. The Balaban J connectivity index is 1.83. The fourth-order valence-corrected chi connectivity index (χ4v) is 4.91. The number of anilines is 2. The quantitative estimate of drug-likeness (QED) is 0.403. The molecule has 0 spiro atoms. The van der Waals surface area contributed by atoms with Gasteiger partial charge in [0, 0.05) is 34.5 Å². The first-order valence-electron chi connectivity index (χ1n) is 9.50. The van der Waals surface area contributed by atoms with E-state index in [1.807, 2.05) is 73.8 Å². The molecular formula is C25H19NO2S. The Bertz CT molecular complexity index is 1230. The molecule has 4 aromatic rings. The van der Waals surface area contributed by atoms with Gasteiger partial charge in [-0.05, 0) is 23.8 Å². The maximum absolute atomic E-state index is 13.3. The second kappa shape index (κ2) is 7.30. The van der Waals surface area contributed by atoms with Gasteiger partial charge in [0.25, 0.3) is 0 Å². The molecule has 29 heavy (non-hydrogen) atoms. The van der Waals surface area contributed by atoms with Crippen LogP contribution in [0.1, 0.15) is 5.56 Å². The van der Waals surface area contributed by atoms with Crippen LogP contribution in [-0.4, -0.2) is 7.05 Å². The number of thioether (sulfide) groups is 1. The first-order valence-corrected chi connectivity index (χ1v) is 10.5. The lowest BCUT2D eigenvalue weighted by molar-refractivity contribution is 0.522. The molecule has 0 saturated carbocycles. The molecule has 2 heterocycles. The molecule has 1 aliphatic rings. The van der Waals surface area contributed by atoms with E-state index < -0.39 is 0 Å². The van der Waals surface area contributed by atoms with Crippen molar-refractivity contribution in [3.05, 3.63) is 101 Å². The van der Waals surface area contributed by atoms with E-state index >= 15 is 0 Å². The zero-order valence-electron chi connectivity index (χ0n) is 16.0. The Morgan fingerprint density at radius 1 is 0.862 bits per heavy atom. The van der Waals surface area contributed by atoms with E-state index in [-0.39, 0.29) is 5.63 Å². The number of hydrogen-bond acceptors (Lipinski definition) is 4. The molecule has 0 atom stereocenters. The van der Waals surface area contributed by atoms with Gasteiger partial charge >= 0.3 is 5.63 Å². The van der Waals surface area contributed by atoms with E-state index in [4.69, 9.17) is 4.42 Å². The smallest absolute Gasteiger partial charge is 0.346 e. The van der Waals surface area contributed by atoms with Crippen molar-refractivity contribution in [2.24, 2.45) is 0 Å². The third-order valence-electron chi connectivity index (χ3n) is 5.24. The van der Waals surface area contributed by atoms with Crippen LogP contribution >= 0.6 is 11.8 Å². The average Bonchev–Trinajstić information content (AvgIpc) is 2.79. The van der Waals surface area contributed by atoms with Gasteiger partial charge in [0.15, 0.2) is 0 Å². The van der Waals surface area contributed by atoms with Crippen LogP contribution in [0.25, 0.3) is 22.5 Å². The predicted octanol–water partition coefficient (Wildman–Crippen LogP) is 6.35. The minimum absolute atomic E-state index is 0.311. The van der Waals surface area contributed by atoms with Gasteiger partial charge in [-0.3, -0.25) is 0 Å². The van der Waals surface area contributed by atoms with Crippen LogP contribution in [0.5, 0.6) is 0 Å². The summed E-state index contributed by atoms with van der Waals surface area (Å²) in [6.45, 7) is 0. The van der Waals surface area contributed by atoms with E-state index in [2.05, 4.69) is 23.1 Å². The Morgan fingerprint density at radius 2 is 1.52 bits per heavy atom. The van der Waals surface area contributed by atoms with Crippen molar-refractivity contribution in [1.82, 2.24) is 0 Å². The van der Waals surface area contributed by atoms with Crippen molar-refractivity contribution in [3.8, 4) is 22.5 Å². The number of rotatable bonds is 3. The number of benzene rings is 3. The Labute approximate surface area is 173 Å². The van der Waals surface area contributed by atoms with Gasteiger partial charge in [-0.25, -0.2) is 4.79 Å². The van der Waals surface area contributed by atoms with Crippen molar-refractivity contribution >= 4 is 23.1 Å². The van der Waals surface area contributed by atoms with Crippen molar-refractivity contribution < 1.29 is 4.42 Å². The predicted molar refractivity (Wildman–Crippen MR) is 120 cm³/mol. The summed E-state index contributed by atoms with van der Waals surface area (Å²) in [5.41, 5.74) is 5.14.